The Morgan fingerprint density at radius 1 is 1.38 bits per heavy atom. The fourth-order valence-electron chi connectivity index (χ4n) is 3.05. The summed E-state index contributed by atoms with van der Waals surface area (Å²) in [4.78, 5) is 12.1. The van der Waals surface area contributed by atoms with Crippen LogP contribution in [0.15, 0.2) is 24.3 Å². The van der Waals surface area contributed by atoms with Crippen molar-refractivity contribution in [1.29, 1.82) is 0 Å². The van der Waals surface area contributed by atoms with E-state index in [1.807, 2.05) is 24.3 Å². The van der Waals surface area contributed by atoms with Crippen LogP contribution in [0.5, 0.6) is 0 Å². The van der Waals surface area contributed by atoms with Crippen LogP contribution in [0.1, 0.15) is 45.1 Å². The summed E-state index contributed by atoms with van der Waals surface area (Å²) in [6.45, 7) is 4.77. The van der Waals surface area contributed by atoms with Crippen LogP contribution in [0, 0.1) is 5.92 Å². The van der Waals surface area contributed by atoms with Crippen LogP contribution in [0.4, 0.5) is 0 Å². The van der Waals surface area contributed by atoms with Crippen molar-refractivity contribution >= 4 is 17.5 Å². The first-order chi connectivity index (χ1) is 9.90. The molecule has 3 nitrogen and oxygen atoms in total. The maximum absolute atomic E-state index is 12.1. The first kappa shape index (κ1) is 16.3. The summed E-state index contributed by atoms with van der Waals surface area (Å²) in [5.41, 5.74) is 6.89. The standard InChI is InChI=1S/C17H25ClN2O/c1-17(2,13-7-3-4-8-14(13)18)11-20-16(21)10-12-6-5-9-15(12)19/h3-4,7-8,12,15H,5-6,9-11,19H2,1-2H3,(H,20,21)/t12-,15+/m0/s1. The molecular weight excluding hydrogens is 284 g/mol. The van der Waals surface area contributed by atoms with Gasteiger partial charge in [0.15, 0.2) is 0 Å². The smallest absolute Gasteiger partial charge is 0.220 e. The Hall–Kier alpha value is -1.06. The van der Waals surface area contributed by atoms with E-state index in [9.17, 15) is 4.79 Å². The molecule has 0 spiro atoms. The van der Waals surface area contributed by atoms with E-state index < -0.39 is 0 Å². The van der Waals surface area contributed by atoms with Crippen LogP contribution >= 0.6 is 11.6 Å². The van der Waals surface area contributed by atoms with Gasteiger partial charge in [0.2, 0.25) is 5.91 Å². The Labute approximate surface area is 132 Å². The van der Waals surface area contributed by atoms with E-state index in [4.69, 9.17) is 17.3 Å². The number of carbonyl (C=O) groups is 1. The number of amides is 1. The lowest BCUT2D eigenvalue weighted by Crippen LogP contribution is -2.38. The van der Waals surface area contributed by atoms with Crippen LogP contribution in [0.25, 0.3) is 0 Å². The van der Waals surface area contributed by atoms with E-state index >= 15 is 0 Å². The van der Waals surface area contributed by atoms with Crippen molar-refractivity contribution in [2.45, 2.75) is 51.0 Å². The maximum Gasteiger partial charge on any atom is 0.220 e. The van der Waals surface area contributed by atoms with E-state index in [2.05, 4.69) is 19.2 Å². The normalized spacial score (nSPS) is 22.3. The number of benzene rings is 1. The Morgan fingerprint density at radius 2 is 2.10 bits per heavy atom. The van der Waals surface area contributed by atoms with Crippen LogP contribution in [-0.4, -0.2) is 18.5 Å². The van der Waals surface area contributed by atoms with Crippen molar-refractivity contribution in [2.75, 3.05) is 6.54 Å². The number of carbonyl (C=O) groups excluding carboxylic acids is 1. The van der Waals surface area contributed by atoms with Gasteiger partial charge in [-0.25, -0.2) is 0 Å². The number of hydrogen-bond acceptors (Lipinski definition) is 2. The lowest BCUT2D eigenvalue weighted by atomic mass is 9.84. The minimum absolute atomic E-state index is 0.0949. The molecule has 2 rings (SSSR count). The van der Waals surface area contributed by atoms with Gasteiger partial charge in [-0.05, 0) is 30.4 Å². The highest BCUT2D eigenvalue weighted by Gasteiger charge is 2.28. The summed E-state index contributed by atoms with van der Waals surface area (Å²) in [6, 6.07) is 7.98. The molecule has 1 aromatic carbocycles. The lowest BCUT2D eigenvalue weighted by Gasteiger charge is -2.27. The molecule has 0 aromatic heterocycles. The number of hydrogen-bond donors (Lipinski definition) is 2. The fourth-order valence-corrected chi connectivity index (χ4v) is 3.45. The molecule has 4 heteroatoms. The second kappa shape index (κ2) is 6.80. The van der Waals surface area contributed by atoms with Crippen molar-refractivity contribution in [3.63, 3.8) is 0 Å². The quantitative estimate of drug-likeness (QED) is 0.877. The van der Waals surface area contributed by atoms with Crippen LogP contribution in [0.2, 0.25) is 5.02 Å². The minimum Gasteiger partial charge on any atom is -0.355 e. The third-order valence-electron chi connectivity index (χ3n) is 4.50. The molecule has 116 valence electrons. The number of rotatable bonds is 5. The third kappa shape index (κ3) is 4.21. The molecule has 0 bridgehead atoms. The van der Waals surface area contributed by atoms with Gasteiger partial charge >= 0.3 is 0 Å². The van der Waals surface area contributed by atoms with Crippen LogP contribution in [0.3, 0.4) is 0 Å². The first-order valence-corrected chi connectivity index (χ1v) is 8.05. The second-order valence-corrected chi connectivity index (χ2v) is 7.11. The summed E-state index contributed by atoms with van der Waals surface area (Å²) in [6.07, 6.45) is 3.80. The number of nitrogens with one attached hydrogen (secondary N) is 1. The molecule has 1 aromatic rings. The Morgan fingerprint density at radius 3 is 2.71 bits per heavy atom. The second-order valence-electron chi connectivity index (χ2n) is 6.70. The van der Waals surface area contributed by atoms with E-state index in [0.717, 1.165) is 29.8 Å². The van der Waals surface area contributed by atoms with Crippen molar-refractivity contribution in [3.05, 3.63) is 34.9 Å². The summed E-state index contributed by atoms with van der Waals surface area (Å²) in [7, 11) is 0. The molecule has 0 unspecified atom stereocenters. The predicted octanol–water partition coefficient (Wildman–Crippen LogP) is 3.25. The van der Waals surface area contributed by atoms with Gasteiger partial charge in [-0.3, -0.25) is 4.79 Å². The van der Waals surface area contributed by atoms with Crippen molar-refractivity contribution < 1.29 is 4.79 Å². The Balaban J connectivity index is 1.89. The van der Waals surface area contributed by atoms with Gasteiger partial charge in [-0.1, -0.05) is 50.1 Å². The molecule has 1 aliphatic rings. The summed E-state index contributed by atoms with van der Waals surface area (Å²) < 4.78 is 0. The summed E-state index contributed by atoms with van der Waals surface area (Å²) in [5, 5.41) is 3.79. The Kier molecular flexibility index (Phi) is 5.28. The molecule has 21 heavy (non-hydrogen) atoms. The molecule has 3 N–H and O–H groups in total. The van der Waals surface area contributed by atoms with E-state index in [1.165, 1.54) is 0 Å². The van der Waals surface area contributed by atoms with Gasteiger partial charge in [0, 0.05) is 29.4 Å². The maximum atomic E-state index is 12.1. The molecule has 0 aliphatic heterocycles. The van der Waals surface area contributed by atoms with Crippen molar-refractivity contribution in [3.8, 4) is 0 Å². The van der Waals surface area contributed by atoms with Crippen molar-refractivity contribution in [2.24, 2.45) is 11.7 Å². The van der Waals surface area contributed by atoms with Gasteiger partial charge < -0.3 is 11.1 Å². The highest BCUT2D eigenvalue weighted by atomic mass is 35.5. The summed E-state index contributed by atoms with van der Waals surface area (Å²) in [5.74, 6) is 0.436. The van der Waals surface area contributed by atoms with E-state index in [-0.39, 0.29) is 17.4 Å². The molecule has 1 fully saturated rings. The highest BCUT2D eigenvalue weighted by molar-refractivity contribution is 6.31. The van der Waals surface area contributed by atoms with E-state index in [0.29, 0.717) is 18.9 Å². The minimum atomic E-state index is -0.189. The molecule has 0 radical (unpaired) electrons. The molecule has 1 aliphatic carbocycles. The average molecular weight is 309 g/mol. The predicted molar refractivity (Wildman–Crippen MR) is 87.4 cm³/mol. The topological polar surface area (TPSA) is 55.1 Å². The zero-order chi connectivity index (χ0) is 15.5. The number of nitrogens with two attached hydrogens (primary N) is 1. The third-order valence-corrected chi connectivity index (χ3v) is 4.83. The lowest BCUT2D eigenvalue weighted by molar-refractivity contribution is -0.122. The SMILES string of the molecule is CC(C)(CNC(=O)C[C@@H]1CCC[C@H]1N)c1ccccc1Cl. The molecule has 0 saturated heterocycles. The molecule has 1 amide bonds. The van der Waals surface area contributed by atoms with Gasteiger partial charge in [0.1, 0.15) is 0 Å². The Bertz CT molecular complexity index is 501. The summed E-state index contributed by atoms with van der Waals surface area (Å²) >= 11 is 6.25. The number of halogens is 1. The van der Waals surface area contributed by atoms with Gasteiger partial charge in [-0.2, -0.15) is 0 Å². The van der Waals surface area contributed by atoms with E-state index in [1.54, 1.807) is 0 Å². The zero-order valence-electron chi connectivity index (χ0n) is 12.9. The van der Waals surface area contributed by atoms with Crippen molar-refractivity contribution in [1.82, 2.24) is 5.32 Å². The fraction of sp³-hybridized carbons (Fsp3) is 0.588. The van der Waals surface area contributed by atoms with Gasteiger partial charge in [0.25, 0.3) is 0 Å². The van der Waals surface area contributed by atoms with Gasteiger partial charge in [0.05, 0.1) is 0 Å². The van der Waals surface area contributed by atoms with Crippen LogP contribution in [-0.2, 0) is 10.2 Å². The molecular formula is C17H25ClN2O. The monoisotopic (exact) mass is 308 g/mol. The van der Waals surface area contributed by atoms with Crippen LogP contribution < -0.4 is 11.1 Å². The molecule has 1 saturated carbocycles. The largest absolute Gasteiger partial charge is 0.355 e. The first-order valence-electron chi connectivity index (χ1n) is 7.67. The molecule has 0 heterocycles. The van der Waals surface area contributed by atoms with Gasteiger partial charge in [-0.15, -0.1) is 0 Å². The average Bonchev–Trinajstić information content (AvgIpc) is 2.82. The molecule has 2 atom stereocenters. The highest BCUT2D eigenvalue weighted by Crippen LogP contribution is 2.30. The zero-order valence-corrected chi connectivity index (χ0v) is 13.6.